The van der Waals surface area contributed by atoms with Gasteiger partial charge in [0.25, 0.3) is 0 Å². The first-order valence-electron chi connectivity index (χ1n) is 11.9. The Bertz CT molecular complexity index is 1450. The second-order valence-corrected chi connectivity index (χ2v) is 9.10. The Morgan fingerprint density at radius 3 is 2.25 bits per heavy atom. The molecule has 0 saturated carbocycles. The fourth-order valence-electron chi connectivity index (χ4n) is 4.32. The summed E-state index contributed by atoms with van der Waals surface area (Å²) in [5, 5.41) is 22.0. The van der Waals surface area contributed by atoms with E-state index in [1.165, 1.54) is 32.7 Å². The molecule has 4 aromatic carbocycles. The number of aliphatic hydroxyl groups is 2. The van der Waals surface area contributed by atoms with Gasteiger partial charge in [0.1, 0.15) is 0 Å². The standard InChI is InChI=1S/C26H19N2.C5H12O2.Ir/c1-17-16-27-26(18(2)28-17)23-13-11-20-14-22(12-10-21(20)15-23)25-9-5-7-19-6-3-4-8-24(19)25;1-4(6)3-5(2)7;/h3-12,14-16H,1-2H3;4-7H,3H2,1-2H3;/q-1;;. The summed E-state index contributed by atoms with van der Waals surface area (Å²) < 4.78 is 0. The van der Waals surface area contributed by atoms with Gasteiger partial charge in [-0.15, -0.1) is 29.1 Å². The summed E-state index contributed by atoms with van der Waals surface area (Å²) in [7, 11) is 0. The van der Waals surface area contributed by atoms with Crippen molar-refractivity contribution in [3.8, 4) is 22.4 Å². The van der Waals surface area contributed by atoms with Crippen molar-refractivity contribution in [3.63, 3.8) is 0 Å². The number of nitrogens with zero attached hydrogens (tertiary/aromatic N) is 2. The van der Waals surface area contributed by atoms with Crippen LogP contribution in [0.1, 0.15) is 31.7 Å². The van der Waals surface area contributed by atoms with Gasteiger partial charge in [0.05, 0.1) is 17.9 Å². The van der Waals surface area contributed by atoms with Gasteiger partial charge in [-0.3, -0.25) is 4.98 Å². The van der Waals surface area contributed by atoms with E-state index in [1.807, 2.05) is 20.0 Å². The molecule has 1 aromatic heterocycles. The molecule has 0 amide bonds. The van der Waals surface area contributed by atoms with E-state index >= 15 is 0 Å². The van der Waals surface area contributed by atoms with Crippen LogP contribution in [0.4, 0.5) is 0 Å². The first-order valence-corrected chi connectivity index (χ1v) is 11.9. The van der Waals surface area contributed by atoms with E-state index in [0.717, 1.165) is 22.6 Å². The van der Waals surface area contributed by atoms with Gasteiger partial charge in [-0.05, 0) is 56.0 Å². The Morgan fingerprint density at radius 2 is 1.56 bits per heavy atom. The van der Waals surface area contributed by atoms with Crippen molar-refractivity contribution in [1.82, 2.24) is 9.97 Å². The first kappa shape index (κ1) is 27.6. The topological polar surface area (TPSA) is 66.2 Å². The number of rotatable bonds is 4. The molecule has 1 heterocycles. The van der Waals surface area contributed by atoms with Gasteiger partial charge in [-0.1, -0.05) is 66.0 Å². The molecule has 5 aromatic rings. The maximum absolute atomic E-state index is 8.56. The molecule has 5 heteroatoms. The van der Waals surface area contributed by atoms with E-state index in [4.69, 9.17) is 10.2 Å². The van der Waals surface area contributed by atoms with Gasteiger partial charge in [0, 0.05) is 37.7 Å². The van der Waals surface area contributed by atoms with E-state index in [0.29, 0.717) is 6.42 Å². The summed E-state index contributed by atoms with van der Waals surface area (Å²) in [5.41, 5.74) is 6.21. The summed E-state index contributed by atoms with van der Waals surface area (Å²) in [6.45, 7) is 7.28. The molecular weight excluding hydrogens is 625 g/mol. The Hall–Kier alpha value is -2.95. The van der Waals surface area contributed by atoms with Gasteiger partial charge < -0.3 is 15.2 Å². The largest absolute Gasteiger partial charge is 0.393 e. The van der Waals surface area contributed by atoms with Crippen LogP contribution in [0.15, 0.2) is 79.0 Å². The van der Waals surface area contributed by atoms with Crippen LogP contribution in [0.3, 0.4) is 0 Å². The molecule has 2 N–H and O–H groups in total. The van der Waals surface area contributed by atoms with Crippen molar-refractivity contribution < 1.29 is 30.3 Å². The van der Waals surface area contributed by atoms with Crippen LogP contribution in [0, 0.1) is 19.9 Å². The monoisotopic (exact) mass is 656 g/mol. The third-order valence-corrected chi connectivity index (χ3v) is 5.88. The molecule has 5 rings (SSSR count). The van der Waals surface area contributed by atoms with Gasteiger partial charge in [-0.2, -0.15) is 0 Å². The second kappa shape index (κ2) is 12.3. The predicted octanol–water partition coefficient (Wildman–Crippen LogP) is 6.67. The molecule has 0 spiro atoms. The zero-order chi connectivity index (χ0) is 24.9. The molecule has 0 bridgehead atoms. The Balaban J connectivity index is 0.000000400. The minimum absolute atomic E-state index is 0. The number of benzene rings is 4. The average Bonchev–Trinajstić information content (AvgIpc) is 2.82. The van der Waals surface area contributed by atoms with Crippen molar-refractivity contribution in [3.05, 3.63) is 96.4 Å². The van der Waals surface area contributed by atoms with E-state index in [2.05, 4.69) is 88.8 Å². The van der Waals surface area contributed by atoms with Crippen LogP contribution in [0.25, 0.3) is 43.9 Å². The number of hydrogen-bond donors (Lipinski definition) is 2. The molecule has 2 atom stereocenters. The Morgan fingerprint density at radius 1 is 0.833 bits per heavy atom. The SMILES string of the molecule is CC(O)CC(C)O.Cc1cnc(-c2[c-]cc3cc(-c4cccc5ccccc45)ccc3c2)c(C)n1.[Ir]. The molecule has 0 saturated heterocycles. The van der Waals surface area contributed by atoms with Crippen molar-refractivity contribution in [2.45, 2.75) is 46.3 Å². The number of fused-ring (bicyclic) bond motifs is 2. The fourth-order valence-corrected chi connectivity index (χ4v) is 4.32. The fraction of sp³-hybridized carbons (Fsp3) is 0.226. The third kappa shape index (κ3) is 6.63. The molecule has 4 nitrogen and oxygen atoms in total. The molecule has 0 aliphatic rings. The van der Waals surface area contributed by atoms with Crippen LogP contribution >= 0.6 is 0 Å². The van der Waals surface area contributed by atoms with Crippen LogP contribution in [0.2, 0.25) is 0 Å². The summed E-state index contributed by atoms with van der Waals surface area (Å²) in [5.74, 6) is 0. The normalized spacial score (nSPS) is 12.4. The number of aliphatic hydroxyl groups excluding tert-OH is 2. The Labute approximate surface area is 226 Å². The maximum Gasteiger partial charge on any atom is 0.0539 e. The molecule has 0 fully saturated rings. The van der Waals surface area contributed by atoms with E-state index in [9.17, 15) is 0 Å². The smallest absolute Gasteiger partial charge is 0.0539 e. The zero-order valence-corrected chi connectivity index (χ0v) is 23.4. The van der Waals surface area contributed by atoms with Crippen LogP contribution < -0.4 is 0 Å². The molecule has 2 unspecified atom stereocenters. The Kier molecular flexibility index (Phi) is 9.47. The average molecular weight is 656 g/mol. The minimum atomic E-state index is -0.375. The third-order valence-electron chi connectivity index (χ3n) is 5.88. The van der Waals surface area contributed by atoms with Gasteiger partial charge in [0.2, 0.25) is 0 Å². The van der Waals surface area contributed by atoms with E-state index < -0.39 is 0 Å². The number of hydrogen-bond acceptors (Lipinski definition) is 4. The zero-order valence-electron chi connectivity index (χ0n) is 21.0. The van der Waals surface area contributed by atoms with Gasteiger partial charge >= 0.3 is 0 Å². The van der Waals surface area contributed by atoms with Crippen molar-refractivity contribution in [1.29, 1.82) is 0 Å². The van der Waals surface area contributed by atoms with E-state index in [-0.39, 0.29) is 32.3 Å². The predicted molar refractivity (Wildman–Crippen MR) is 144 cm³/mol. The van der Waals surface area contributed by atoms with Crippen molar-refractivity contribution in [2.75, 3.05) is 0 Å². The quantitative estimate of drug-likeness (QED) is 0.213. The van der Waals surface area contributed by atoms with E-state index in [1.54, 1.807) is 13.8 Å². The summed E-state index contributed by atoms with van der Waals surface area (Å²) in [6, 6.07) is 29.2. The molecule has 0 aliphatic heterocycles. The number of aromatic nitrogens is 2. The molecule has 1 radical (unpaired) electrons. The van der Waals surface area contributed by atoms with Crippen molar-refractivity contribution >= 4 is 21.5 Å². The number of aryl methyl sites for hydroxylation is 2. The van der Waals surface area contributed by atoms with Crippen LogP contribution in [-0.2, 0) is 20.1 Å². The summed E-state index contributed by atoms with van der Waals surface area (Å²) in [6.07, 6.45) is 1.53. The summed E-state index contributed by atoms with van der Waals surface area (Å²) >= 11 is 0. The van der Waals surface area contributed by atoms with Gasteiger partial charge in [-0.25, -0.2) is 0 Å². The maximum atomic E-state index is 8.56. The molecular formula is C31H31IrN2O2-. The van der Waals surface area contributed by atoms with Crippen LogP contribution in [0.5, 0.6) is 0 Å². The minimum Gasteiger partial charge on any atom is -0.393 e. The molecule has 187 valence electrons. The van der Waals surface area contributed by atoms with Crippen LogP contribution in [-0.4, -0.2) is 32.4 Å². The van der Waals surface area contributed by atoms with Gasteiger partial charge in [0.15, 0.2) is 0 Å². The molecule has 36 heavy (non-hydrogen) atoms. The first-order chi connectivity index (χ1) is 16.8. The summed E-state index contributed by atoms with van der Waals surface area (Å²) in [4.78, 5) is 9.09. The van der Waals surface area contributed by atoms with Crippen molar-refractivity contribution in [2.24, 2.45) is 0 Å². The second-order valence-electron chi connectivity index (χ2n) is 9.10. The molecule has 0 aliphatic carbocycles.